The van der Waals surface area contributed by atoms with Crippen molar-refractivity contribution in [1.29, 1.82) is 0 Å². The van der Waals surface area contributed by atoms with E-state index in [1.165, 1.54) is 44.3 Å². The number of likely N-dealkylation sites (tertiary alicyclic amines) is 2. The van der Waals surface area contributed by atoms with E-state index in [1.54, 1.807) is 0 Å². The van der Waals surface area contributed by atoms with Gasteiger partial charge in [-0.05, 0) is 69.0 Å². The zero-order valence-electron chi connectivity index (χ0n) is 21.6. The monoisotopic (exact) mass is 505 g/mol. The number of hydrogen-bond donors (Lipinski definition) is 3. The van der Waals surface area contributed by atoms with E-state index in [0.717, 1.165) is 55.5 Å². The summed E-state index contributed by atoms with van der Waals surface area (Å²) in [5.74, 6) is 0.762. The average Bonchev–Trinajstić information content (AvgIpc) is 3.59. The summed E-state index contributed by atoms with van der Waals surface area (Å²) in [7, 11) is 0. The second-order valence-electron chi connectivity index (χ2n) is 10.4. The molecule has 1 unspecified atom stereocenters. The Bertz CT molecular complexity index is 1170. The molecule has 8 heteroatoms. The lowest BCUT2D eigenvalue weighted by Crippen LogP contribution is -2.43. The zero-order chi connectivity index (χ0) is 25.6. The van der Waals surface area contributed by atoms with Gasteiger partial charge in [-0.2, -0.15) is 0 Å². The number of aliphatic hydroxyl groups excluding tert-OH is 2. The van der Waals surface area contributed by atoms with Crippen LogP contribution >= 0.6 is 0 Å². The van der Waals surface area contributed by atoms with Crippen LogP contribution < -0.4 is 5.32 Å². The molecule has 0 spiro atoms. The lowest BCUT2D eigenvalue weighted by Gasteiger charge is -2.36. The number of imidazole rings is 1. The van der Waals surface area contributed by atoms with Crippen molar-refractivity contribution in [1.82, 2.24) is 24.7 Å². The molecule has 0 saturated carbocycles. The molecule has 3 N–H and O–H groups in total. The number of aromatic nitrogens is 2. The Kier molecular flexibility index (Phi) is 8.51. The molecule has 5 rings (SSSR count). The van der Waals surface area contributed by atoms with Gasteiger partial charge < -0.3 is 25.0 Å². The first-order valence-electron chi connectivity index (χ1n) is 13.7. The smallest absolute Gasteiger partial charge is 0.251 e. The highest BCUT2D eigenvalue weighted by Gasteiger charge is 2.27. The Morgan fingerprint density at radius 3 is 2.54 bits per heavy atom. The van der Waals surface area contributed by atoms with Crippen LogP contribution in [0, 0.1) is 0 Å². The Hall–Kier alpha value is -2.78. The van der Waals surface area contributed by atoms with E-state index >= 15 is 0 Å². The van der Waals surface area contributed by atoms with Crippen LogP contribution in [0.5, 0.6) is 0 Å². The van der Waals surface area contributed by atoms with Gasteiger partial charge >= 0.3 is 0 Å². The molecule has 0 bridgehead atoms. The van der Waals surface area contributed by atoms with E-state index < -0.39 is 6.10 Å². The summed E-state index contributed by atoms with van der Waals surface area (Å²) in [6.45, 7) is 5.95. The predicted octanol–water partition coefficient (Wildman–Crippen LogP) is 2.42. The Morgan fingerprint density at radius 1 is 1.05 bits per heavy atom. The maximum Gasteiger partial charge on any atom is 0.251 e. The zero-order valence-corrected chi connectivity index (χ0v) is 21.6. The summed E-state index contributed by atoms with van der Waals surface area (Å²) in [4.78, 5) is 22.8. The summed E-state index contributed by atoms with van der Waals surface area (Å²) < 4.78 is 2.31. The molecule has 198 valence electrons. The van der Waals surface area contributed by atoms with Crippen LogP contribution in [0.25, 0.3) is 11.0 Å². The lowest BCUT2D eigenvalue weighted by molar-refractivity contribution is 0.0802. The Morgan fingerprint density at radius 2 is 1.81 bits per heavy atom. The van der Waals surface area contributed by atoms with Crippen molar-refractivity contribution < 1.29 is 15.0 Å². The van der Waals surface area contributed by atoms with Crippen LogP contribution in [0.4, 0.5) is 0 Å². The van der Waals surface area contributed by atoms with Crippen LogP contribution in [0.3, 0.4) is 0 Å². The molecule has 8 nitrogen and oxygen atoms in total. The van der Waals surface area contributed by atoms with Gasteiger partial charge in [0.15, 0.2) is 0 Å². The minimum atomic E-state index is -0.967. The quantitative estimate of drug-likeness (QED) is 0.392. The summed E-state index contributed by atoms with van der Waals surface area (Å²) in [5.41, 5.74) is 3.64. The molecule has 2 fully saturated rings. The number of nitrogens with zero attached hydrogens (tertiary/aromatic N) is 4. The minimum absolute atomic E-state index is 0.0114. The number of benzene rings is 2. The SMILES string of the molecule is O=C(NCC(O)CO)c1ccc2c(c1)nc(CN1CCC(N3CCCC3)CC1)n2CCc1ccccc1. The van der Waals surface area contributed by atoms with Gasteiger partial charge in [0.1, 0.15) is 5.82 Å². The van der Waals surface area contributed by atoms with Gasteiger partial charge in [0.05, 0.1) is 30.3 Å². The van der Waals surface area contributed by atoms with Crippen LogP contribution in [-0.2, 0) is 19.5 Å². The van der Waals surface area contributed by atoms with E-state index in [4.69, 9.17) is 10.1 Å². The molecule has 1 aromatic heterocycles. The number of carbonyl (C=O) groups excluding carboxylic acids is 1. The van der Waals surface area contributed by atoms with Crippen LogP contribution in [0.1, 0.15) is 47.4 Å². The number of nitrogens with one attached hydrogen (secondary N) is 1. The molecule has 0 radical (unpaired) electrons. The van der Waals surface area contributed by atoms with E-state index in [1.807, 2.05) is 24.3 Å². The first kappa shape index (κ1) is 25.9. The number of amides is 1. The van der Waals surface area contributed by atoms with Gasteiger partial charge in [-0.3, -0.25) is 9.69 Å². The summed E-state index contributed by atoms with van der Waals surface area (Å²) in [6, 6.07) is 16.9. The third kappa shape index (κ3) is 6.38. The molecule has 2 saturated heterocycles. The van der Waals surface area contributed by atoms with Crippen molar-refractivity contribution in [3.05, 3.63) is 65.5 Å². The third-order valence-corrected chi connectivity index (χ3v) is 7.84. The number of fused-ring (bicyclic) bond motifs is 1. The molecule has 1 atom stereocenters. The van der Waals surface area contributed by atoms with Gasteiger partial charge in [0, 0.05) is 37.8 Å². The van der Waals surface area contributed by atoms with Crippen molar-refractivity contribution >= 4 is 16.9 Å². The van der Waals surface area contributed by atoms with Crippen LogP contribution in [-0.4, -0.2) is 86.9 Å². The Labute approximate surface area is 218 Å². The maximum atomic E-state index is 12.6. The second-order valence-corrected chi connectivity index (χ2v) is 10.4. The summed E-state index contributed by atoms with van der Waals surface area (Å²) >= 11 is 0. The molecular weight excluding hydrogens is 466 g/mol. The first-order chi connectivity index (χ1) is 18.1. The largest absolute Gasteiger partial charge is 0.394 e. The van der Waals surface area contributed by atoms with Crippen molar-refractivity contribution in [2.75, 3.05) is 39.3 Å². The van der Waals surface area contributed by atoms with Crippen LogP contribution in [0.2, 0.25) is 0 Å². The fraction of sp³-hybridized carbons (Fsp3) is 0.517. The van der Waals surface area contributed by atoms with Crippen molar-refractivity contribution in [3.8, 4) is 0 Å². The molecule has 0 aliphatic carbocycles. The molecule has 3 aromatic rings. The molecule has 2 aliphatic rings. The predicted molar refractivity (Wildman–Crippen MR) is 144 cm³/mol. The standard InChI is InChI=1S/C29H39N5O3/c35-21-25(36)19-30-29(37)23-8-9-27-26(18-23)31-28(34(27)17-10-22-6-2-1-3-7-22)20-32-15-11-24(12-16-32)33-13-4-5-14-33/h1-3,6-9,18,24-25,35-36H,4-5,10-17,19-21H2,(H,30,37). The third-order valence-electron chi connectivity index (χ3n) is 7.84. The highest BCUT2D eigenvalue weighted by molar-refractivity contribution is 5.97. The van der Waals surface area contributed by atoms with Gasteiger partial charge in [-0.25, -0.2) is 4.98 Å². The molecule has 1 amide bonds. The van der Waals surface area contributed by atoms with E-state index in [0.29, 0.717) is 5.56 Å². The average molecular weight is 506 g/mol. The van der Waals surface area contributed by atoms with Crippen molar-refractivity contribution in [3.63, 3.8) is 0 Å². The van der Waals surface area contributed by atoms with Gasteiger partial charge in [0.2, 0.25) is 0 Å². The van der Waals surface area contributed by atoms with Gasteiger partial charge in [-0.1, -0.05) is 30.3 Å². The normalized spacial score (nSPS) is 18.4. The van der Waals surface area contributed by atoms with Gasteiger partial charge in [-0.15, -0.1) is 0 Å². The molecule has 2 aromatic carbocycles. The minimum Gasteiger partial charge on any atom is -0.394 e. The molecule has 37 heavy (non-hydrogen) atoms. The fourth-order valence-electron chi connectivity index (χ4n) is 5.70. The number of rotatable bonds is 10. The van der Waals surface area contributed by atoms with E-state index in [-0.39, 0.29) is 19.1 Å². The molecular formula is C29H39N5O3. The number of piperidine rings is 1. The van der Waals surface area contributed by atoms with Crippen molar-refractivity contribution in [2.24, 2.45) is 0 Å². The molecule has 2 aliphatic heterocycles. The highest BCUT2D eigenvalue weighted by Crippen LogP contribution is 2.24. The second kappa shape index (κ2) is 12.2. The van der Waals surface area contributed by atoms with Gasteiger partial charge in [0.25, 0.3) is 5.91 Å². The van der Waals surface area contributed by atoms with Crippen molar-refractivity contribution in [2.45, 2.75) is 57.3 Å². The highest BCUT2D eigenvalue weighted by atomic mass is 16.3. The number of hydrogen-bond acceptors (Lipinski definition) is 6. The lowest BCUT2D eigenvalue weighted by atomic mass is 10.0. The molecule has 3 heterocycles. The first-order valence-corrected chi connectivity index (χ1v) is 13.7. The topological polar surface area (TPSA) is 93.9 Å². The maximum absolute atomic E-state index is 12.6. The van der Waals surface area contributed by atoms with Crippen LogP contribution in [0.15, 0.2) is 48.5 Å². The summed E-state index contributed by atoms with van der Waals surface area (Å²) in [5, 5.41) is 21.3. The fourth-order valence-corrected chi connectivity index (χ4v) is 5.70. The Balaban J connectivity index is 1.33. The van der Waals surface area contributed by atoms with E-state index in [2.05, 4.69) is 43.9 Å². The number of aryl methyl sites for hydroxylation is 2. The number of carbonyl (C=O) groups is 1. The number of aliphatic hydroxyl groups is 2. The van der Waals surface area contributed by atoms with E-state index in [9.17, 15) is 9.90 Å². The summed E-state index contributed by atoms with van der Waals surface area (Å²) in [6.07, 6.45) is 5.06.